The van der Waals surface area contributed by atoms with Crippen LogP contribution in [0.1, 0.15) is 23.9 Å². The summed E-state index contributed by atoms with van der Waals surface area (Å²) >= 11 is 5.12. The van der Waals surface area contributed by atoms with Crippen molar-refractivity contribution in [2.75, 3.05) is 0 Å². The number of para-hydroxylation sites is 1. The van der Waals surface area contributed by atoms with Crippen molar-refractivity contribution in [3.8, 4) is 5.69 Å². The highest BCUT2D eigenvalue weighted by Crippen LogP contribution is 2.26. The highest BCUT2D eigenvalue weighted by Gasteiger charge is 2.14. The summed E-state index contributed by atoms with van der Waals surface area (Å²) in [6, 6.07) is 20.0. The molecule has 3 aromatic rings. The van der Waals surface area contributed by atoms with Gasteiger partial charge in [-0.15, -0.1) is 11.8 Å². The van der Waals surface area contributed by atoms with Crippen molar-refractivity contribution in [3.05, 3.63) is 82.1 Å². The molecule has 0 aliphatic rings. The van der Waals surface area contributed by atoms with E-state index >= 15 is 0 Å². The fourth-order valence-electron chi connectivity index (χ4n) is 2.94. The van der Waals surface area contributed by atoms with Crippen molar-refractivity contribution in [2.45, 2.75) is 30.9 Å². The van der Waals surface area contributed by atoms with Crippen molar-refractivity contribution < 1.29 is 4.79 Å². The van der Waals surface area contributed by atoms with Gasteiger partial charge in [-0.3, -0.25) is 4.79 Å². The number of hydrazone groups is 1. The first-order chi connectivity index (χ1) is 13.5. The Kier molecular flexibility index (Phi) is 6.75. The SMILES string of the molecule is Cc1cc(/C=N\NC(=O)[C@@H](C)Sc2ccccc2)c(C)n1-c1ccccc1Br. The van der Waals surface area contributed by atoms with Crippen LogP contribution < -0.4 is 5.43 Å². The van der Waals surface area contributed by atoms with Gasteiger partial charge < -0.3 is 4.57 Å². The van der Waals surface area contributed by atoms with Crippen LogP contribution in [0.2, 0.25) is 0 Å². The molecule has 0 aliphatic heterocycles. The van der Waals surface area contributed by atoms with Crippen molar-refractivity contribution in [2.24, 2.45) is 5.10 Å². The smallest absolute Gasteiger partial charge is 0.253 e. The van der Waals surface area contributed by atoms with Gasteiger partial charge >= 0.3 is 0 Å². The lowest BCUT2D eigenvalue weighted by Gasteiger charge is -2.11. The summed E-state index contributed by atoms with van der Waals surface area (Å²) in [5.74, 6) is -0.121. The van der Waals surface area contributed by atoms with Gasteiger partial charge in [0.25, 0.3) is 5.91 Å². The lowest BCUT2D eigenvalue weighted by Crippen LogP contribution is -2.26. The van der Waals surface area contributed by atoms with Gasteiger partial charge in [-0.2, -0.15) is 5.10 Å². The average molecular weight is 456 g/mol. The topological polar surface area (TPSA) is 46.4 Å². The van der Waals surface area contributed by atoms with E-state index in [2.05, 4.69) is 50.1 Å². The molecule has 0 saturated heterocycles. The molecule has 1 aromatic heterocycles. The summed E-state index contributed by atoms with van der Waals surface area (Å²) in [6.45, 7) is 5.98. The second kappa shape index (κ2) is 9.26. The van der Waals surface area contributed by atoms with E-state index in [-0.39, 0.29) is 11.2 Å². The Labute approximate surface area is 178 Å². The monoisotopic (exact) mass is 455 g/mol. The summed E-state index contributed by atoms with van der Waals surface area (Å²) in [5, 5.41) is 3.94. The van der Waals surface area contributed by atoms with Crippen LogP contribution in [0.25, 0.3) is 5.69 Å². The number of hydrogen-bond donors (Lipinski definition) is 1. The minimum Gasteiger partial charge on any atom is -0.317 e. The molecule has 0 aliphatic carbocycles. The van der Waals surface area contributed by atoms with Gasteiger partial charge in [-0.1, -0.05) is 30.3 Å². The third kappa shape index (κ3) is 4.75. The number of carbonyl (C=O) groups is 1. The zero-order valence-corrected chi connectivity index (χ0v) is 18.4. The lowest BCUT2D eigenvalue weighted by molar-refractivity contribution is -0.120. The summed E-state index contributed by atoms with van der Waals surface area (Å²) in [6.07, 6.45) is 1.70. The maximum Gasteiger partial charge on any atom is 0.253 e. The number of carbonyl (C=O) groups excluding carboxylic acids is 1. The van der Waals surface area contributed by atoms with Crippen LogP contribution in [-0.4, -0.2) is 21.9 Å². The molecule has 144 valence electrons. The van der Waals surface area contributed by atoms with Crippen LogP contribution in [0.3, 0.4) is 0 Å². The number of nitrogens with one attached hydrogen (secondary N) is 1. The minimum absolute atomic E-state index is 0.121. The largest absolute Gasteiger partial charge is 0.317 e. The van der Waals surface area contributed by atoms with E-state index in [1.54, 1.807) is 6.21 Å². The number of halogens is 1. The maximum atomic E-state index is 12.3. The van der Waals surface area contributed by atoms with Gasteiger partial charge in [0.1, 0.15) is 0 Å². The predicted octanol–water partition coefficient (Wildman–Crippen LogP) is 5.49. The first-order valence-corrected chi connectivity index (χ1v) is 10.6. The molecule has 0 spiro atoms. The Morgan fingerprint density at radius 3 is 2.54 bits per heavy atom. The number of benzene rings is 2. The Morgan fingerprint density at radius 2 is 1.82 bits per heavy atom. The quantitative estimate of drug-likeness (QED) is 0.303. The van der Waals surface area contributed by atoms with Crippen LogP contribution >= 0.6 is 27.7 Å². The maximum absolute atomic E-state index is 12.3. The molecule has 6 heteroatoms. The number of thioether (sulfide) groups is 1. The molecule has 0 unspecified atom stereocenters. The number of amides is 1. The van der Waals surface area contributed by atoms with E-state index in [1.165, 1.54) is 11.8 Å². The van der Waals surface area contributed by atoms with Gasteiger partial charge in [0, 0.05) is 26.3 Å². The molecular weight excluding hydrogens is 434 g/mol. The van der Waals surface area contributed by atoms with E-state index < -0.39 is 0 Å². The van der Waals surface area contributed by atoms with E-state index in [4.69, 9.17) is 0 Å². The van der Waals surface area contributed by atoms with Gasteiger partial charge in [0.15, 0.2) is 0 Å². The number of nitrogens with zero attached hydrogens (tertiary/aromatic N) is 2. The zero-order valence-electron chi connectivity index (χ0n) is 16.0. The zero-order chi connectivity index (χ0) is 20.1. The van der Waals surface area contributed by atoms with E-state index in [1.807, 2.05) is 62.4 Å². The fourth-order valence-corrected chi connectivity index (χ4v) is 4.28. The Hall–Kier alpha value is -2.31. The molecule has 2 aromatic carbocycles. The number of rotatable bonds is 6. The standard InChI is InChI=1S/C22H22BrN3OS/c1-15-13-18(16(2)26(15)21-12-8-7-11-20(21)23)14-24-25-22(27)17(3)28-19-9-5-4-6-10-19/h4-14,17H,1-3H3,(H,25,27)/b24-14-/t17-/m1/s1. The molecule has 1 atom stereocenters. The fraction of sp³-hybridized carbons (Fsp3) is 0.182. The number of hydrogen-bond acceptors (Lipinski definition) is 3. The second-order valence-corrected chi connectivity index (χ2v) is 8.69. The summed E-state index contributed by atoms with van der Waals surface area (Å²) in [7, 11) is 0. The average Bonchev–Trinajstić information content (AvgIpc) is 2.96. The molecule has 0 fully saturated rings. The molecule has 3 rings (SSSR count). The minimum atomic E-state index is -0.229. The van der Waals surface area contributed by atoms with Crippen LogP contribution in [0, 0.1) is 13.8 Å². The van der Waals surface area contributed by atoms with E-state index in [0.717, 1.165) is 32.0 Å². The van der Waals surface area contributed by atoms with Gasteiger partial charge in [0.2, 0.25) is 0 Å². The summed E-state index contributed by atoms with van der Waals surface area (Å²) < 4.78 is 3.20. The summed E-state index contributed by atoms with van der Waals surface area (Å²) in [4.78, 5) is 13.4. The van der Waals surface area contributed by atoms with E-state index in [0.29, 0.717) is 0 Å². The van der Waals surface area contributed by atoms with Crippen LogP contribution in [0.5, 0.6) is 0 Å². The molecule has 1 amide bonds. The van der Waals surface area contributed by atoms with Crippen molar-refractivity contribution in [1.82, 2.24) is 9.99 Å². The number of aromatic nitrogens is 1. The van der Waals surface area contributed by atoms with Crippen LogP contribution in [0.15, 0.2) is 75.1 Å². The Bertz CT molecular complexity index is 998. The molecular formula is C22H22BrN3OS. The van der Waals surface area contributed by atoms with Gasteiger partial charge in [-0.05, 0) is 67.0 Å². The van der Waals surface area contributed by atoms with Crippen molar-refractivity contribution in [1.29, 1.82) is 0 Å². The normalized spacial score (nSPS) is 12.3. The Morgan fingerprint density at radius 1 is 1.14 bits per heavy atom. The predicted molar refractivity (Wildman–Crippen MR) is 120 cm³/mol. The molecule has 1 N–H and O–H groups in total. The molecule has 0 radical (unpaired) electrons. The van der Waals surface area contributed by atoms with Gasteiger partial charge in [-0.25, -0.2) is 5.43 Å². The first kappa shape index (κ1) is 20.4. The highest BCUT2D eigenvalue weighted by molar-refractivity contribution is 9.10. The number of aryl methyl sites for hydroxylation is 1. The Balaban J connectivity index is 1.69. The van der Waals surface area contributed by atoms with Crippen molar-refractivity contribution in [3.63, 3.8) is 0 Å². The first-order valence-electron chi connectivity index (χ1n) is 8.96. The van der Waals surface area contributed by atoms with Crippen molar-refractivity contribution >= 4 is 39.8 Å². The third-order valence-corrected chi connectivity index (χ3v) is 6.15. The molecule has 0 bridgehead atoms. The molecule has 4 nitrogen and oxygen atoms in total. The second-order valence-electron chi connectivity index (χ2n) is 6.42. The van der Waals surface area contributed by atoms with Crippen LogP contribution in [-0.2, 0) is 4.79 Å². The van der Waals surface area contributed by atoms with Gasteiger partial charge in [0.05, 0.1) is 17.2 Å². The molecule has 28 heavy (non-hydrogen) atoms. The van der Waals surface area contributed by atoms with Crippen LogP contribution in [0.4, 0.5) is 0 Å². The third-order valence-electron chi connectivity index (χ3n) is 4.37. The summed E-state index contributed by atoms with van der Waals surface area (Å²) in [5.41, 5.74) is 6.86. The highest BCUT2D eigenvalue weighted by atomic mass is 79.9. The molecule has 0 saturated carbocycles. The van der Waals surface area contributed by atoms with E-state index in [9.17, 15) is 4.79 Å². The molecule has 1 heterocycles. The lowest BCUT2D eigenvalue weighted by atomic mass is 10.2.